The van der Waals surface area contributed by atoms with Gasteiger partial charge in [0.1, 0.15) is 0 Å². The first kappa shape index (κ1) is 27.2. The van der Waals surface area contributed by atoms with Crippen LogP contribution < -0.4 is 16.4 Å². The monoisotopic (exact) mass is 563 g/mol. The molecule has 0 radical (unpaired) electrons. The molecule has 0 bridgehead atoms. The molecule has 2 saturated carbocycles. The van der Waals surface area contributed by atoms with Crippen molar-refractivity contribution in [1.82, 2.24) is 25.1 Å². The van der Waals surface area contributed by atoms with Crippen LogP contribution in [0.25, 0.3) is 0 Å². The van der Waals surface area contributed by atoms with Crippen LogP contribution in [0.2, 0.25) is 5.02 Å². The summed E-state index contributed by atoms with van der Waals surface area (Å²) >= 11 is 6.32. The Kier molecular flexibility index (Phi) is 7.68. The van der Waals surface area contributed by atoms with Gasteiger partial charge in [0.2, 0.25) is 0 Å². The molecular formula is C26H29ClF3N7O2. The molecule has 2 amide bonds. The molecule has 0 spiro atoms. The van der Waals surface area contributed by atoms with Crippen LogP contribution in [0.4, 0.5) is 18.9 Å². The fourth-order valence-corrected chi connectivity index (χ4v) is 5.05. The lowest BCUT2D eigenvalue weighted by Gasteiger charge is -2.26. The van der Waals surface area contributed by atoms with Crippen molar-refractivity contribution in [2.24, 2.45) is 11.7 Å². The molecule has 2 aliphatic carbocycles. The van der Waals surface area contributed by atoms with Gasteiger partial charge in [0.25, 0.3) is 11.8 Å². The molecule has 0 saturated heterocycles. The highest BCUT2D eigenvalue weighted by atomic mass is 35.5. The van der Waals surface area contributed by atoms with Crippen molar-refractivity contribution >= 4 is 29.1 Å². The van der Waals surface area contributed by atoms with Gasteiger partial charge in [-0.15, -0.1) is 0 Å². The number of imidazole rings is 1. The summed E-state index contributed by atoms with van der Waals surface area (Å²) in [6.45, 7) is 0.549. The summed E-state index contributed by atoms with van der Waals surface area (Å²) in [4.78, 5) is 32.1. The van der Waals surface area contributed by atoms with Crippen LogP contribution in [-0.2, 0) is 12.6 Å². The first-order valence-electron chi connectivity index (χ1n) is 12.9. The third-order valence-corrected chi connectivity index (χ3v) is 7.45. The van der Waals surface area contributed by atoms with Gasteiger partial charge in [-0.1, -0.05) is 11.6 Å². The predicted molar refractivity (Wildman–Crippen MR) is 139 cm³/mol. The molecule has 9 nitrogen and oxygen atoms in total. The number of H-pyrrole nitrogens is 1. The number of halogens is 4. The highest BCUT2D eigenvalue weighted by Gasteiger charge is 2.39. The highest BCUT2D eigenvalue weighted by molar-refractivity contribution is 6.34. The topological polar surface area (TPSA) is 131 Å². The van der Waals surface area contributed by atoms with E-state index in [9.17, 15) is 22.8 Å². The van der Waals surface area contributed by atoms with Gasteiger partial charge in [-0.3, -0.25) is 14.3 Å². The SMILES string of the molecule is NC1CCC(CNC(=O)c2ccc(NC(=O)c3ncc(Cc4cn(C5CC5)nc4C(F)(F)F)[nH]3)cc2Cl)CC1. The summed E-state index contributed by atoms with van der Waals surface area (Å²) in [5, 5.41) is 9.46. The first-order chi connectivity index (χ1) is 18.6. The Labute approximate surface area is 227 Å². The number of nitrogens with zero attached hydrogens (tertiary/aromatic N) is 3. The minimum absolute atomic E-state index is 0.00332. The number of hydrogen-bond acceptors (Lipinski definition) is 5. The van der Waals surface area contributed by atoms with Crippen molar-refractivity contribution in [2.45, 2.75) is 63.2 Å². The second-order valence-corrected chi connectivity index (χ2v) is 10.7. The number of carbonyl (C=O) groups excluding carboxylic acids is 2. The second kappa shape index (κ2) is 11.0. The van der Waals surface area contributed by atoms with E-state index in [1.54, 1.807) is 6.07 Å². The quantitative estimate of drug-likeness (QED) is 0.315. The van der Waals surface area contributed by atoms with Crippen LogP contribution in [-0.4, -0.2) is 44.1 Å². The van der Waals surface area contributed by atoms with E-state index >= 15 is 0 Å². The lowest BCUT2D eigenvalue weighted by molar-refractivity contribution is -0.142. The minimum Gasteiger partial charge on any atom is -0.352 e. The van der Waals surface area contributed by atoms with E-state index in [-0.39, 0.29) is 46.4 Å². The molecule has 2 aromatic heterocycles. The van der Waals surface area contributed by atoms with Gasteiger partial charge >= 0.3 is 6.18 Å². The Morgan fingerprint density at radius 2 is 1.87 bits per heavy atom. The number of nitrogens with one attached hydrogen (secondary N) is 3. The lowest BCUT2D eigenvalue weighted by atomic mass is 9.86. The maximum absolute atomic E-state index is 13.5. The van der Waals surface area contributed by atoms with E-state index < -0.39 is 17.8 Å². The van der Waals surface area contributed by atoms with Crippen LogP contribution in [0.5, 0.6) is 0 Å². The fraction of sp³-hybridized carbons (Fsp3) is 0.462. The standard InChI is InChI=1S/C26H29ClF3N7O2/c27-21-10-17(5-8-20(21)24(38)33-11-14-1-3-16(31)4-2-14)35-25(39)23-32-12-18(34-23)9-15-13-37(19-6-7-19)36-22(15)26(28,29)30/h5,8,10,12-14,16,19H,1-4,6-7,9,11,31H2,(H,32,34)(H,33,38)(H,35,39). The van der Waals surface area contributed by atoms with Crippen LogP contribution in [0.1, 0.15) is 82.5 Å². The second-order valence-electron chi connectivity index (χ2n) is 10.3. The Morgan fingerprint density at radius 3 is 2.54 bits per heavy atom. The molecule has 39 heavy (non-hydrogen) atoms. The largest absolute Gasteiger partial charge is 0.435 e. The van der Waals surface area contributed by atoms with Crippen molar-refractivity contribution < 1.29 is 22.8 Å². The molecule has 1 aromatic carbocycles. The molecule has 5 rings (SSSR count). The van der Waals surface area contributed by atoms with Crippen LogP contribution in [0.3, 0.4) is 0 Å². The molecule has 2 fully saturated rings. The Bertz CT molecular complexity index is 1360. The van der Waals surface area contributed by atoms with Crippen molar-refractivity contribution in [3.63, 3.8) is 0 Å². The van der Waals surface area contributed by atoms with Crippen LogP contribution in [0, 0.1) is 5.92 Å². The normalized spacial score (nSPS) is 19.6. The number of carbonyl (C=O) groups is 2. The summed E-state index contributed by atoms with van der Waals surface area (Å²) in [5.41, 5.74) is 5.97. The zero-order valence-electron chi connectivity index (χ0n) is 21.0. The van der Waals surface area contributed by atoms with Gasteiger partial charge in [0.05, 0.1) is 16.6 Å². The van der Waals surface area contributed by atoms with E-state index in [1.165, 1.54) is 29.2 Å². The van der Waals surface area contributed by atoms with Gasteiger partial charge in [-0.05, 0) is 62.6 Å². The number of benzene rings is 1. The molecule has 2 aliphatic rings. The van der Waals surface area contributed by atoms with Gasteiger partial charge < -0.3 is 21.4 Å². The molecule has 5 N–H and O–H groups in total. The molecule has 208 valence electrons. The van der Waals surface area contributed by atoms with E-state index in [1.807, 2.05) is 0 Å². The number of hydrogen-bond donors (Lipinski definition) is 4. The van der Waals surface area contributed by atoms with Gasteiger partial charge in [-0.2, -0.15) is 18.3 Å². The number of aromatic amines is 1. The lowest BCUT2D eigenvalue weighted by Crippen LogP contribution is -2.34. The highest BCUT2D eigenvalue weighted by Crippen LogP contribution is 2.38. The molecule has 0 unspecified atom stereocenters. The fourth-order valence-electron chi connectivity index (χ4n) is 4.79. The maximum Gasteiger partial charge on any atom is 0.435 e. The number of amides is 2. The number of alkyl halides is 3. The molecule has 13 heteroatoms. The Balaban J connectivity index is 1.19. The maximum atomic E-state index is 13.5. The van der Waals surface area contributed by atoms with Gasteiger partial charge in [0.15, 0.2) is 11.5 Å². The Hall–Kier alpha value is -3.38. The first-order valence-corrected chi connectivity index (χ1v) is 13.3. The van der Waals surface area contributed by atoms with Crippen LogP contribution in [0.15, 0.2) is 30.6 Å². The molecular weight excluding hydrogens is 535 g/mol. The molecule has 0 aliphatic heterocycles. The predicted octanol–water partition coefficient (Wildman–Crippen LogP) is 4.70. The third kappa shape index (κ3) is 6.62. The average molecular weight is 564 g/mol. The number of nitrogens with two attached hydrogens (primary N) is 1. The van der Waals surface area contributed by atoms with Gasteiger partial charge in [0, 0.05) is 48.3 Å². The molecule has 3 aromatic rings. The molecule has 2 heterocycles. The van der Waals surface area contributed by atoms with E-state index in [4.69, 9.17) is 17.3 Å². The average Bonchev–Trinajstić information content (AvgIpc) is 3.47. The summed E-state index contributed by atoms with van der Waals surface area (Å²) in [5.74, 6) is -0.585. The van der Waals surface area contributed by atoms with E-state index in [0.29, 0.717) is 23.8 Å². The summed E-state index contributed by atoms with van der Waals surface area (Å²) in [7, 11) is 0. The summed E-state index contributed by atoms with van der Waals surface area (Å²) < 4.78 is 41.8. The zero-order chi connectivity index (χ0) is 27.7. The van der Waals surface area contributed by atoms with Crippen molar-refractivity contribution in [3.05, 3.63) is 64.0 Å². The smallest absolute Gasteiger partial charge is 0.352 e. The number of rotatable bonds is 8. The number of anilines is 1. The summed E-state index contributed by atoms with van der Waals surface area (Å²) in [6, 6.07) is 4.77. The summed E-state index contributed by atoms with van der Waals surface area (Å²) in [6.07, 6.45) is 3.50. The van der Waals surface area contributed by atoms with Crippen molar-refractivity contribution in [2.75, 3.05) is 11.9 Å². The van der Waals surface area contributed by atoms with Crippen LogP contribution >= 0.6 is 11.6 Å². The third-order valence-electron chi connectivity index (χ3n) is 7.14. The minimum atomic E-state index is -4.58. The van der Waals surface area contributed by atoms with Crippen molar-refractivity contribution in [1.29, 1.82) is 0 Å². The number of aromatic nitrogens is 4. The van der Waals surface area contributed by atoms with Gasteiger partial charge in [-0.25, -0.2) is 4.98 Å². The molecule has 0 atom stereocenters. The van der Waals surface area contributed by atoms with E-state index in [0.717, 1.165) is 38.5 Å². The van der Waals surface area contributed by atoms with Crippen molar-refractivity contribution in [3.8, 4) is 0 Å². The van der Waals surface area contributed by atoms with E-state index in [2.05, 4.69) is 25.7 Å². The zero-order valence-corrected chi connectivity index (χ0v) is 21.8. The Morgan fingerprint density at radius 1 is 1.13 bits per heavy atom.